The molecular formula is C29H40FN3O8S. The molecule has 2 unspecified atom stereocenters. The Morgan fingerprint density at radius 2 is 1.81 bits per heavy atom. The zero-order chi connectivity index (χ0) is 31.0. The molecule has 0 saturated heterocycles. The maximum absolute atomic E-state index is 15.4. The Morgan fingerprint density at radius 1 is 1.14 bits per heavy atom. The molecule has 3 rings (SSSR count). The molecule has 13 heteroatoms. The van der Waals surface area contributed by atoms with E-state index in [-0.39, 0.29) is 37.8 Å². The van der Waals surface area contributed by atoms with Crippen molar-refractivity contribution in [1.29, 1.82) is 0 Å². The fourth-order valence-electron chi connectivity index (χ4n) is 4.39. The van der Waals surface area contributed by atoms with E-state index in [1.54, 1.807) is 26.8 Å². The number of ether oxygens (including phenoxy) is 4. The van der Waals surface area contributed by atoms with Gasteiger partial charge in [0, 0.05) is 26.1 Å². The van der Waals surface area contributed by atoms with Crippen LogP contribution in [0.15, 0.2) is 59.6 Å². The van der Waals surface area contributed by atoms with Gasteiger partial charge in [-0.15, -0.1) is 0 Å². The van der Waals surface area contributed by atoms with Gasteiger partial charge in [0.1, 0.15) is 23.7 Å². The highest BCUT2D eigenvalue weighted by atomic mass is 32.2. The lowest BCUT2D eigenvalue weighted by atomic mass is 9.86. The molecule has 232 valence electrons. The third-order valence-corrected chi connectivity index (χ3v) is 8.25. The van der Waals surface area contributed by atoms with E-state index in [4.69, 9.17) is 23.9 Å². The van der Waals surface area contributed by atoms with Gasteiger partial charge < -0.3 is 24.1 Å². The van der Waals surface area contributed by atoms with Crippen molar-refractivity contribution in [3.8, 4) is 0 Å². The van der Waals surface area contributed by atoms with Crippen LogP contribution in [-0.4, -0.2) is 92.9 Å². The van der Waals surface area contributed by atoms with E-state index in [2.05, 4.69) is 0 Å². The highest BCUT2D eigenvalue weighted by Gasteiger charge is 2.49. The minimum atomic E-state index is -4.19. The fraction of sp³-hybridized carbons (Fsp3) is 0.517. The van der Waals surface area contributed by atoms with Crippen LogP contribution < -0.4 is 0 Å². The summed E-state index contributed by atoms with van der Waals surface area (Å²) in [6.07, 6.45) is -2.05. The van der Waals surface area contributed by atoms with E-state index >= 15 is 4.39 Å². The molecule has 1 aliphatic rings. The maximum atomic E-state index is 15.4. The summed E-state index contributed by atoms with van der Waals surface area (Å²) in [6.45, 7) is 4.53. The number of carbonyl (C=O) groups is 1. The predicted molar refractivity (Wildman–Crippen MR) is 155 cm³/mol. The van der Waals surface area contributed by atoms with Crippen LogP contribution in [0.5, 0.6) is 0 Å². The Labute approximate surface area is 246 Å². The van der Waals surface area contributed by atoms with Crippen molar-refractivity contribution in [2.75, 3.05) is 46.5 Å². The van der Waals surface area contributed by atoms with Gasteiger partial charge in [0.2, 0.25) is 16.0 Å². The second-order valence-corrected chi connectivity index (χ2v) is 12.9. The topological polar surface area (TPSA) is 127 Å². The number of nitrogens with zero attached hydrogens (tertiary/aromatic N) is 3. The standard InChI is InChI=1S/C29H40FN3O8S/c1-28(2,3)41-27(35)33(21-39-16-15-38-5)26-31-29(20-42(36,37)32(26)4,24-13-9-10-14-25(24)30)17-23(18-34)40-19-22-11-7-6-8-12-22/h6-14,23,34H,15-21H2,1-5H3. The van der Waals surface area contributed by atoms with Gasteiger partial charge in [-0.2, -0.15) is 0 Å². The Bertz CT molecular complexity index is 1320. The van der Waals surface area contributed by atoms with E-state index in [1.807, 2.05) is 30.3 Å². The quantitative estimate of drug-likeness (QED) is 0.286. The molecule has 2 aromatic carbocycles. The van der Waals surface area contributed by atoms with Crippen LogP contribution >= 0.6 is 0 Å². The van der Waals surface area contributed by atoms with Crippen molar-refractivity contribution in [1.82, 2.24) is 9.21 Å². The van der Waals surface area contributed by atoms with Crippen LogP contribution in [0.4, 0.5) is 9.18 Å². The second kappa shape index (κ2) is 14.4. The first-order valence-electron chi connectivity index (χ1n) is 13.5. The molecule has 0 bridgehead atoms. The number of hydrogen-bond donors (Lipinski definition) is 1. The van der Waals surface area contributed by atoms with Crippen molar-refractivity contribution in [2.24, 2.45) is 4.99 Å². The molecule has 0 aliphatic carbocycles. The summed E-state index contributed by atoms with van der Waals surface area (Å²) in [5.74, 6) is -1.66. The van der Waals surface area contributed by atoms with Crippen molar-refractivity contribution < 1.29 is 41.7 Å². The summed E-state index contributed by atoms with van der Waals surface area (Å²) in [5.41, 5.74) is -1.89. The van der Waals surface area contributed by atoms with Gasteiger partial charge in [0.15, 0.2) is 0 Å². The van der Waals surface area contributed by atoms with E-state index in [9.17, 15) is 18.3 Å². The first-order chi connectivity index (χ1) is 19.8. The summed E-state index contributed by atoms with van der Waals surface area (Å²) in [5, 5.41) is 10.3. The number of methoxy groups -OCH3 is 1. The SMILES string of the molecule is COCCOCN(C(=O)OC(C)(C)C)C1=NC(CC(CO)OCc2ccccc2)(c2ccccc2F)CS(=O)(=O)N1C. The van der Waals surface area contributed by atoms with Crippen molar-refractivity contribution in [2.45, 2.75) is 51.0 Å². The number of aliphatic hydroxyl groups is 1. The average molecular weight is 610 g/mol. The average Bonchev–Trinajstić information content (AvgIpc) is 2.93. The lowest BCUT2D eigenvalue weighted by molar-refractivity contribution is -0.0151. The molecule has 0 spiro atoms. The number of amides is 1. The molecule has 1 aliphatic heterocycles. The number of carbonyl (C=O) groups excluding carboxylic acids is 1. The van der Waals surface area contributed by atoms with Gasteiger partial charge in [0.05, 0.1) is 38.3 Å². The summed E-state index contributed by atoms with van der Waals surface area (Å²) in [6, 6.07) is 14.9. The largest absolute Gasteiger partial charge is 0.443 e. The molecule has 1 heterocycles. The molecule has 0 aromatic heterocycles. The Hall–Kier alpha value is -3.10. The number of hydrogen-bond acceptors (Lipinski definition) is 9. The van der Waals surface area contributed by atoms with Crippen LogP contribution in [0.25, 0.3) is 0 Å². The molecule has 11 nitrogen and oxygen atoms in total. The molecule has 0 fully saturated rings. The van der Waals surface area contributed by atoms with Crippen LogP contribution in [-0.2, 0) is 41.1 Å². The van der Waals surface area contributed by atoms with Gasteiger partial charge >= 0.3 is 6.09 Å². The molecule has 2 aromatic rings. The van der Waals surface area contributed by atoms with Gasteiger partial charge in [0.25, 0.3) is 0 Å². The van der Waals surface area contributed by atoms with Crippen LogP contribution in [0.1, 0.15) is 38.3 Å². The number of rotatable bonds is 12. The van der Waals surface area contributed by atoms with Crippen LogP contribution in [0.3, 0.4) is 0 Å². The van der Waals surface area contributed by atoms with E-state index in [0.717, 1.165) is 14.8 Å². The number of halogens is 1. The molecule has 0 saturated carbocycles. The summed E-state index contributed by atoms with van der Waals surface area (Å²) < 4.78 is 65.8. The minimum absolute atomic E-state index is 0.0228. The second-order valence-electron chi connectivity index (χ2n) is 10.9. The first-order valence-corrected chi connectivity index (χ1v) is 15.1. The first kappa shape index (κ1) is 33.4. The zero-order valence-electron chi connectivity index (χ0n) is 24.7. The smallest absolute Gasteiger partial charge is 0.419 e. The summed E-state index contributed by atoms with van der Waals surface area (Å²) in [4.78, 5) is 19.1. The summed E-state index contributed by atoms with van der Waals surface area (Å²) >= 11 is 0. The summed E-state index contributed by atoms with van der Waals surface area (Å²) in [7, 11) is -1.45. The maximum Gasteiger partial charge on any atom is 0.419 e. The van der Waals surface area contributed by atoms with Crippen molar-refractivity contribution >= 4 is 22.1 Å². The molecular weight excluding hydrogens is 569 g/mol. The van der Waals surface area contributed by atoms with Gasteiger partial charge in [-0.3, -0.25) is 0 Å². The van der Waals surface area contributed by atoms with E-state index < -0.39 is 58.3 Å². The third-order valence-electron chi connectivity index (χ3n) is 6.41. The lowest BCUT2D eigenvalue weighted by Gasteiger charge is -2.42. The number of aliphatic hydroxyl groups excluding tert-OH is 1. The highest BCUT2D eigenvalue weighted by Crippen LogP contribution is 2.39. The number of sulfonamides is 1. The Balaban J connectivity index is 2.13. The fourth-order valence-corrected chi connectivity index (χ4v) is 5.91. The van der Waals surface area contributed by atoms with E-state index in [1.165, 1.54) is 32.4 Å². The van der Waals surface area contributed by atoms with Gasteiger partial charge in [-0.05, 0) is 32.4 Å². The minimum Gasteiger partial charge on any atom is -0.443 e. The Morgan fingerprint density at radius 3 is 2.43 bits per heavy atom. The van der Waals surface area contributed by atoms with Gasteiger partial charge in [-0.1, -0.05) is 48.5 Å². The monoisotopic (exact) mass is 609 g/mol. The van der Waals surface area contributed by atoms with Crippen molar-refractivity contribution in [3.05, 3.63) is 71.5 Å². The van der Waals surface area contributed by atoms with Crippen molar-refractivity contribution in [3.63, 3.8) is 0 Å². The molecule has 2 atom stereocenters. The Kier molecular flexibility index (Phi) is 11.4. The predicted octanol–water partition coefficient (Wildman–Crippen LogP) is 3.48. The number of benzene rings is 2. The molecule has 1 N–H and O–H groups in total. The van der Waals surface area contributed by atoms with Crippen LogP contribution in [0, 0.1) is 5.82 Å². The number of aliphatic imine (C=N–C) groups is 1. The third kappa shape index (κ3) is 8.71. The van der Waals surface area contributed by atoms with Gasteiger partial charge in [-0.25, -0.2) is 31.8 Å². The highest BCUT2D eigenvalue weighted by molar-refractivity contribution is 7.89. The molecule has 0 radical (unpaired) electrons. The van der Waals surface area contributed by atoms with E-state index in [0.29, 0.717) is 0 Å². The van der Waals surface area contributed by atoms with Crippen LogP contribution in [0.2, 0.25) is 0 Å². The molecule has 1 amide bonds. The lowest BCUT2D eigenvalue weighted by Crippen LogP contribution is -2.57. The molecule has 42 heavy (non-hydrogen) atoms. The number of guanidine groups is 1. The normalized spacial score (nSPS) is 19.2. The zero-order valence-corrected chi connectivity index (χ0v) is 25.5.